The number of hydrogen-bond acceptors (Lipinski definition) is 2. The second-order valence-electron chi connectivity index (χ2n) is 5.56. The van der Waals surface area contributed by atoms with Crippen LogP contribution in [-0.2, 0) is 11.2 Å². The lowest BCUT2D eigenvalue weighted by atomic mass is 10.0. The van der Waals surface area contributed by atoms with Crippen LogP contribution in [-0.4, -0.2) is 36.0 Å². The maximum atomic E-state index is 12.3. The van der Waals surface area contributed by atoms with E-state index in [1.165, 1.54) is 11.1 Å². The highest BCUT2D eigenvalue weighted by molar-refractivity contribution is 5.85. The first kappa shape index (κ1) is 17.0. The van der Waals surface area contributed by atoms with Gasteiger partial charge in [0.2, 0.25) is 5.91 Å². The van der Waals surface area contributed by atoms with Crippen LogP contribution in [0.2, 0.25) is 0 Å². The minimum Gasteiger partial charge on any atom is -0.337 e. The molecule has 2 unspecified atom stereocenters. The van der Waals surface area contributed by atoms with Crippen molar-refractivity contribution in [1.29, 1.82) is 0 Å². The van der Waals surface area contributed by atoms with Crippen molar-refractivity contribution in [1.82, 2.24) is 10.2 Å². The molecular formula is C16H25ClN2O. The summed E-state index contributed by atoms with van der Waals surface area (Å²) in [7, 11) is 0. The number of carbonyl (C=O) groups excluding carboxylic acids is 1. The van der Waals surface area contributed by atoms with E-state index in [9.17, 15) is 4.79 Å². The summed E-state index contributed by atoms with van der Waals surface area (Å²) in [6, 6.07) is 9.09. The monoisotopic (exact) mass is 296 g/mol. The molecule has 112 valence electrons. The van der Waals surface area contributed by atoms with Gasteiger partial charge in [-0.15, -0.1) is 12.4 Å². The third-order valence-electron chi connectivity index (χ3n) is 4.06. The van der Waals surface area contributed by atoms with E-state index in [2.05, 4.69) is 50.4 Å². The summed E-state index contributed by atoms with van der Waals surface area (Å²) in [6.07, 6.45) is 1.45. The molecule has 1 aliphatic heterocycles. The van der Waals surface area contributed by atoms with Crippen molar-refractivity contribution in [3.63, 3.8) is 0 Å². The van der Waals surface area contributed by atoms with Crippen molar-refractivity contribution in [2.75, 3.05) is 13.1 Å². The maximum Gasteiger partial charge on any atom is 0.223 e. The average Bonchev–Trinajstić information content (AvgIpc) is 2.39. The van der Waals surface area contributed by atoms with Crippen molar-refractivity contribution in [2.45, 2.75) is 45.7 Å². The zero-order valence-corrected chi connectivity index (χ0v) is 13.4. The molecule has 1 N–H and O–H groups in total. The zero-order chi connectivity index (χ0) is 13.8. The van der Waals surface area contributed by atoms with Gasteiger partial charge in [-0.05, 0) is 32.8 Å². The number of aryl methyl sites for hydroxylation is 2. The molecule has 20 heavy (non-hydrogen) atoms. The van der Waals surface area contributed by atoms with Crippen molar-refractivity contribution in [2.24, 2.45) is 0 Å². The van der Waals surface area contributed by atoms with E-state index in [4.69, 9.17) is 0 Å². The first-order chi connectivity index (χ1) is 9.08. The van der Waals surface area contributed by atoms with Gasteiger partial charge in [0.05, 0.1) is 0 Å². The fourth-order valence-electron chi connectivity index (χ4n) is 2.67. The van der Waals surface area contributed by atoms with E-state index in [0.29, 0.717) is 18.5 Å². The van der Waals surface area contributed by atoms with Gasteiger partial charge in [0, 0.05) is 31.6 Å². The summed E-state index contributed by atoms with van der Waals surface area (Å²) < 4.78 is 0. The maximum absolute atomic E-state index is 12.3. The summed E-state index contributed by atoms with van der Waals surface area (Å²) >= 11 is 0. The topological polar surface area (TPSA) is 32.3 Å². The first-order valence-electron chi connectivity index (χ1n) is 7.16. The van der Waals surface area contributed by atoms with Crippen LogP contribution in [0.25, 0.3) is 0 Å². The van der Waals surface area contributed by atoms with Crippen LogP contribution in [0.15, 0.2) is 24.3 Å². The van der Waals surface area contributed by atoms with Gasteiger partial charge in [0.1, 0.15) is 0 Å². The van der Waals surface area contributed by atoms with Gasteiger partial charge in [0.15, 0.2) is 0 Å². The standard InChI is InChI=1S/C16H24N2O.ClH/c1-12-5-4-6-15(11-12)7-8-16(19)18-10-9-17-13(2)14(18)3;/h4-6,11,13-14,17H,7-10H2,1-3H3;1H. The molecule has 1 aromatic carbocycles. The van der Waals surface area contributed by atoms with Crippen LogP contribution in [0.3, 0.4) is 0 Å². The van der Waals surface area contributed by atoms with Gasteiger partial charge >= 0.3 is 0 Å². The molecule has 0 aliphatic carbocycles. The van der Waals surface area contributed by atoms with Gasteiger partial charge in [-0.3, -0.25) is 4.79 Å². The fraction of sp³-hybridized carbons (Fsp3) is 0.562. The number of amides is 1. The quantitative estimate of drug-likeness (QED) is 0.930. The molecule has 1 fully saturated rings. The highest BCUT2D eigenvalue weighted by Gasteiger charge is 2.27. The Morgan fingerprint density at radius 2 is 2.15 bits per heavy atom. The normalized spacial score (nSPS) is 22.2. The summed E-state index contributed by atoms with van der Waals surface area (Å²) in [4.78, 5) is 14.3. The predicted molar refractivity (Wildman–Crippen MR) is 85.4 cm³/mol. The summed E-state index contributed by atoms with van der Waals surface area (Å²) in [5, 5.41) is 3.40. The summed E-state index contributed by atoms with van der Waals surface area (Å²) in [5.74, 6) is 0.280. The van der Waals surface area contributed by atoms with Crippen LogP contribution in [0.1, 0.15) is 31.4 Å². The van der Waals surface area contributed by atoms with E-state index >= 15 is 0 Å². The number of halogens is 1. The number of benzene rings is 1. The Hall–Kier alpha value is -1.06. The SMILES string of the molecule is Cc1cccc(CCC(=O)N2CCNC(C)C2C)c1.Cl. The van der Waals surface area contributed by atoms with Gasteiger partial charge in [-0.1, -0.05) is 29.8 Å². The molecule has 1 heterocycles. The van der Waals surface area contributed by atoms with E-state index in [1.807, 2.05) is 4.90 Å². The largest absolute Gasteiger partial charge is 0.337 e. The smallest absolute Gasteiger partial charge is 0.223 e. The molecular weight excluding hydrogens is 272 g/mol. The van der Waals surface area contributed by atoms with E-state index in [0.717, 1.165) is 19.5 Å². The van der Waals surface area contributed by atoms with Gasteiger partial charge in [-0.25, -0.2) is 0 Å². The van der Waals surface area contributed by atoms with Crippen LogP contribution in [0.5, 0.6) is 0 Å². The minimum absolute atomic E-state index is 0. The lowest BCUT2D eigenvalue weighted by molar-refractivity contribution is -0.134. The number of rotatable bonds is 3. The minimum atomic E-state index is 0. The molecule has 1 amide bonds. The van der Waals surface area contributed by atoms with Gasteiger partial charge < -0.3 is 10.2 Å². The molecule has 0 saturated carbocycles. The fourth-order valence-corrected chi connectivity index (χ4v) is 2.67. The highest BCUT2D eigenvalue weighted by atomic mass is 35.5. The first-order valence-corrected chi connectivity index (χ1v) is 7.16. The van der Waals surface area contributed by atoms with Crippen molar-refractivity contribution >= 4 is 18.3 Å². The van der Waals surface area contributed by atoms with Crippen LogP contribution in [0, 0.1) is 6.92 Å². The molecule has 4 heteroatoms. The molecule has 2 atom stereocenters. The number of piperazine rings is 1. The summed E-state index contributed by atoms with van der Waals surface area (Å²) in [6.45, 7) is 8.09. The lowest BCUT2D eigenvalue weighted by Crippen LogP contribution is -2.57. The third kappa shape index (κ3) is 4.22. The lowest BCUT2D eigenvalue weighted by Gasteiger charge is -2.38. The van der Waals surface area contributed by atoms with Crippen LogP contribution < -0.4 is 5.32 Å². The third-order valence-corrected chi connectivity index (χ3v) is 4.06. The Labute approximate surface area is 128 Å². The van der Waals surface area contributed by atoms with Crippen LogP contribution >= 0.6 is 12.4 Å². The molecule has 1 aliphatic rings. The molecule has 0 bridgehead atoms. The molecule has 1 aromatic rings. The molecule has 0 radical (unpaired) electrons. The molecule has 2 rings (SSSR count). The van der Waals surface area contributed by atoms with Crippen molar-refractivity contribution in [3.05, 3.63) is 35.4 Å². The Balaban J connectivity index is 0.00000200. The number of carbonyl (C=O) groups is 1. The Bertz CT molecular complexity index is 450. The summed E-state index contributed by atoms with van der Waals surface area (Å²) in [5.41, 5.74) is 2.51. The molecule has 1 saturated heterocycles. The Morgan fingerprint density at radius 3 is 2.85 bits per heavy atom. The Morgan fingerprint density at radius 1 is 1.40 bits per heavy atom. The zero-order valence-electron chi connectivity index (χ0n) is 12.6. The van der Waals surface area contributed by atoms with Crippen molar-refractivity contribution < 1.29 is 4.79 Å². The molecule has 0 spiro atoms. The molecule has 3 nitrogen and oxygen atoms in total. The second kappa shape index (κ2) is 7.65. The second-order valence-corrected chi connectivity index (χ2v) is 5.56. The highest BCUT2D eigenvalue weighted by Crippen LogP contribution is 2.13. The predicted octanol–water partition coefficient (Wildman–Crippen LogP) is 2.56. The Kier molecular flexibility index (Phi) is 6.50. The molecule has 0 aromatic heterocycles. The van der Waals surface area contributed by atoms with Gasteiger partial charge in [-0.2, -0.15) is 0 Å². The number of nitrogens with zero attached hydrogens (tertiary/aromatic N) is 1. The average molecular weight is 297 g/mol. The van der Waals surface area contributed by atoms with E-state index < -0.39 is 0 Å². The number of nitrogens with one attached hydrogen (secondary N) is 1. The van der Waals surface area contributed by atoms with E-state index in [-0.39, 0.29) is 18.3 Å². The van der Waals surface area contributed by atoms with Crippen molar-refractivity contribution in [3.8, 4) is 0 Å². The number of hydrogen-bond donors (Lipinski definition) is 1. The van der Waals surface area contributed by atoms with E-state index in [1.54, 1.807) is 0 Å². The van der Waals surface area contributed by atoms with Crippen LogP contribution in [0.4, 0.5) is 0 Å². The van der Waals surface area contributed by atoms with Gasteiger partial charge in [0.25, 0.3) is 0 Å².